The number of halogens is 2. The van der Waals surface area contributed by atoms with Gasteiger partial charge in [-0.3, -0.25) is 4.99 Å². The van der Waals surface area contributed by atoms with Gasteiger partial charge in [-0.2, -0.15) is 0 Å². The number of sulfone groups is 1. The van der Waals surface area contributed by atoms with Crippen LogP contribution in [0.1, 0.15) is 30.0 Å². The molecule has 2 aromatic carbocycles. The van der Waals surface area contributed by atoms with E-state index in [1.807, 2.05) is 25.1 Å². The van der Waals surface area contributed by atoms with Crippen LogP contribution < -0.4 is 5.73 Å². The molecule has 0 saturated heterocycles. The fourth-order valence-corrected chi connectivity index (χ4v) is 6.86. The van der Waals surface area contributed by atoms with E-state index in [1.165, 1.54) is 25.2 Å². The number of aryl methyl sites for hydroxylation is 1. The Kier molecular flexibility index (Phi) is 4.74. The Morgan fingerprint density at radius 1 is 1.17 bits per heavy atom. The first-order valence-electron chi connectivity index (χ1n) is 9.33. The molecule has 30 heavy (non-hydrogen) atoms. The van der Waals surface area contributed by atoms with Crippen LogP contribution in [0.3, 0.4) is 0 Å². The molecule has 158 valence electrons. The average molecular weight is 450 g/mol. The standard InChI is InChI=1S/C21H21F2N3O2S2/c1-12-25-17-7-4-13(8-18(17)29-12)10-21(3)19(24)26-20(2,11-30(21,27)28)15-9-14(22)5-6-16(15)23/h4-9H,10-11H2,1-3H3,(H2,24,26)/t20-,21?/m0/s1. The van der Waals surface area contributed by atoms with E-state index < -0.39 is 37.5 Å². The highest BCUT2D eigenvalue weighted by Crippen LogP contribution is 2.39. The van der Waals surface area contributed by atoms with Gasteiger partial charge in [-0.15, -0.1) is 11.3 Å². The SMILES string of the molecule is Cc1nc2ccc(CC3(C)C(N)=N[C@](C)(c4cc(F)ccc4F)CS3(=O)=O)cc2s1. The van der Waals surface area contributed by atoms with Crippen molar-refractivity contribution in [2.45, 2.75) is 37.5 Å². The van der Waals surface area contributed by atoms with Crippen LogP contribution in [0.15, 0.2) is 41.4 Å². The van der Waals surface area contributed by atoms with E-state index in [9.17, 15) is 17.2 Å². The molecule has 2 heterocycles. The summed E-state index contributed by atoms with van der Waals surface area (Å²) in [7, 11) is -3.86. The average Bonchev–Trinajstić information content (AvgIpc) is 3.01. The number of aromatic nitrogens is 1. The summed E-state index contributed by atoms with van der Waals surface area (Å²) < 4.78 is 54.4. The van der Waals surface area contributed by atoms with Gasteiger partial charge in [0.05, 0.1) is 21.0 Å². The van der Waals surface area contributed by atoms with E-state index in [2.05, 4.69) is 9.98 Å². The van der Waals surface area contributed by atoms with Crippen molar-refractivity contribution in [1.82, 2.24) is 4.98 Å². The predicted octanol–water partition coefficient (Wildman–Crippen LogP) is 3.89. The summed E-state index contributed by atoms with van der Waals surface area (Å²) in [5, 5.41) is 0.924. The van der Waals surface area contributed by atoms with Gasteiger partial charge in [0.15, 0.2) is 9.84 Å². The lowest BCUT2D eigenvalue weighted by Crippen LogP contribution is -2.57. The second kappa shape index (κ2) is 6.81. The minimum atomic E-state index is -3.86. The Hall–Kier alpha value is -2.39. The molecule has 2 N–H and O–H groups in total. The molecule has 0 amide bonds. The summed E-state index contributed by atoms with van der Waals surface area (Å²) in [5.41, 5.74) is 6.21. The minimum absolute atomic E-state index is 0.111. The summed E-state index contributed by atoms with van der Waals surface area (Å²) >= 11 is 1.53. The van der Waals surface area contributed by atoms with Gasteiger partial charge in [-0.1, -0.05) is 6.07 Å². The van der Waals surface area contributed by atoms with E-state index in [0.717, 1.165) is 39.0 Å². The molecule has 0 spiro atoms. The number of nitrogens with two attached hydrogens (primary N) is 1. The lowest BCUT2D eigenvalue weighted by molar-refractivity contribution is 0.466. The Balaban J connectivity index is 1.78. The zero-order valence-electron chi connectivity index (χ0n) is 16.7. The number of aliphatic imine (C=N–C) groups is 1. The second-order valence-corrected chi connectivity index (χ2v) is 11.8. The molecule has 0 aliphatic carbocycles. The van der Waals surface area contributed by atoms with Crippen molar-refractivity contribution >= 4 is 37.2 Å². The number of amidine groups is 1. The highest BCUT2D eigenvalue weighted by Gasteiger charge is 2.52. The van der Waals surface area contributed by atoms with Crippen LogP contribution in [-0.2, 0) is 21.8 Å². The van der Waals surface area contributed by atoms with Gasteiger partial charge in [-0.05, 0) is 63.1 Å². The summed E-state index contributed by atoms with van der Waals surface area (Å²) in [6.45, 7) is 4.90. The van der Waals surface area contributed by atoms with Gasteiger partial charge in [0.1, 0.15) is 27.8 Å². The summed E-state index contributed by atoms with van der Waals surface area (Å²) in [5.74, 6) is -1.97. The van der Waals surface area contributed by atoms with E-state index in [1.54, 1.807) is 0 Å². The third-order valence-electron chi connectivity index (χ3n) is 5.68. The van der Waals surface area contributed by atoms with Gasteiger partial charge in [0.2, 0.25) is 0 Å². The zero-order chi connectivity index (χ0) is 21.9. The van der Waals surface area contributed by atoms with Crippen LogP contribution >= 0.6 is 11.3 Å². The van der Waals surface area contributed by atoms with Gasteiger partial charge in [-0.25, -0.2) is 22.2 Å². The minimum Gasteiger partial charge on any atom is -0.386 e. The van der Waals surface area contributed by atoms with E-state index in [4.69, 9.17) is 5.73 Å². The van der Waals surface area contributed by atoms with Crippen molar-refractivity contribution in [2.24, 2.45) is 10.7 Å². The highest BCUT2D eigenvalue weighted by atomic mass is 32.2. The highest BCUT2D eigenvalue weighted by molar-refractivity contribution is 7.93. The molecule has 5 nitrogen and oxygen atoms in total. The van der Waals surface area contributed by atoms with Crippen molar-refractivity contribution in [3.8, 4) is 0 Å². The van der Waals surface area contributed by atoms with Gasteiger partial charge < -0.3 is 5.73 Å². The molecule has 0 saturated carbocycles. The largest absolute Gasteiger partial charge is 0.386 e. The maximum atomic E-state index is 14.4. The first-order valence-corrected chi connectivity index (χ1v) is 11.8. The molecule has 1 aliphatic heterocycles. The summed E-state index contributed by atoms with van der Waals surface area (Å²) in [6.07, 6.45) is 0.124. The lowest BCUT2D eigenvalue weighted by atomic mass is 9.92. The molecule has 3 aromatic rings. The molecule has 9 heteroatoms. The lowest BCUT2D eigenvalue weighted by Gasteiger charge is -2.40. The normalized spacial score (nSPS) is 26.0. The molecule has 1 unspecified atom stereocenters. The smallest absolute Gasteiger partial charge is 0.165 e. The maximum absolute atomic E-state index is 14.4. The van der Waals surface area contributed by atoms with Gasteiger partial charge in [0, 0.05) is 5.56 Å². The Morgan fingerprint density at radius 2 is 1.90 bits per heavy atom. The summed E-state index contributed by atoms with van der Waals surface area (Å²) in [4.78, 5) is 8.81. The summed E-state index contributed by atoms with van der Waals surface area (Å²) in [6, 6.07) is 8.52. The Morgan fingerprint density at radius 3 is 2.60 bits per heavy atom. The van der Waals surface area contributed by atoms with Crippen LogP contribution in [0.2, 0.25) is 0 Å². The zero-order valence-corrected chi connectivity index (χ0v) is 18.4. The molecule has 2 atom stereocenters. The first kappa shape index (κ1) is 20.9. The van der Waals surface area contributed by atoms with Crippen molar-refractivity contribution in [2.75, 3.05) is 5.75 Å². The number of benzene rings is 2. The predicted molar refractivity (Wildman–Crippen MR) is 116 cm³/mol. The van der Waals surface area contributed by atoms with Crippen LogP contribution in [0.4, 0.5) is 8.78 Å². The molecule has 0 fully saturated rings. The third-order valence-corrected chi connectivity index (χ3v) is 9.28. The molecule has 0 bridgehead atoms. The molecular formula is C21H21F2N3O2S2. The Bertz CT molecular complexity index is 1300. The number of fused-ring (bicyclic) bond motifs is 1. The number of rotatable bonds is 3. The Labute approximate surface area is 177 Å². The molecule has 4 rings (SSSR count). The third kappa shape index (κ3) is 3.30. The number of hydrogen-bond acceptors (Lipinski definition) is 6. The molecule has 1 aromatic heterocycles. The number of thiazole rings is 1. The topological polar surface area (TPSA) is 85.4 Å². The molecular weight excluding hydrogens is 428 g/mol. The van der Waals surface area contributed by atoms with E-state index in [0.29, 0.717) is 0 Å². The number of nitrogens with zero attached hydrogens (tertiary/aromatic N) is 2. The molecule has 1 aliphatic rings. The van der Waals surface area contributed by atoms with Crippen molar-refractivity contribution in [1.29, 1.82) is 0 Å². The maximum Gasteiger partial charge on any atom is 0.165 e. The van der Waals surface area contributed by atoms with Gasteiger partial charge >= 0.3 is 0 Å². The van der Waals surface area contributed by atoms with Crippen LogP contribution in [0, 0.1) is 18.6 Å². The fraction of sp³-hybridized carbons (Fsp3) is 0.333. The quantitative estimate of drug-likeness (QED) is 0.658. The van der Waals surface area contributed by atoms with E-state index in [-0.39, 0.29) is 17.8 Å². The second-order valence-electron chi connectivity index (χ2n) is 8.10. The molecule has 0 radical (unpaired) electrons. The first-order chi connectivity index (χ1) is 13.9. The van der Waals surface area contributed by atoms with Crippen molar-refractivity contribution in [3.63, 3.8) is 0 Å². The monoisotopic (exact) mass is 449 g/mol. The fourth-order valence-electron chi connectivity index (χ4n) is 3.94. The van der Waals surface area contributed by atoms with Crippen LogP contribution in [0.25, 0.3) is 10.2 Å². The van der Waals surface area contributed by atoms with Crippen LogP contribution in [-0.4, -0.2) is 29.7 Å². The number of hydrogen-bond donors (Lipinski definition) is 1. The van der Waals surface area contributed by atoms with Crippen molar-refractivity contribution < 1.29 is 17.2 Å². The van der Waals surface area contributed by atoms with E-state index >= 15 is 0 Å². The van der Waals surface area contributed by atoms with Gasteiger partial charge in [0.25, 0.3) is 0 Å². The van der Waals surface area contributed by atoms with Crippen molar-refractivity contribution in [3.05, 3.63) is 64.2 Å². The van der Waals surface area contributed by atoms with Crippen LogP contribution in [0.5, 0.6) is 0 Å².